The van der Waals surface area contributed by atoms with Crippen LogP contribution in [0.2, 0.25) is 5.02 Å². The molecule has 0 unspecified atom stereocenters. The molecule has 8 nitrogen and oxygen atoms in total. The van der Waals surface area contributed by atoms with Crippen molar-refractivity contribution in [2.45, 2.75) is 44.6 Å². The first-order chi connectivity index (χ1) is 17.3. The predicted molar refractivity (Wildman–Crippen MR) is 144 cm³/mol. The third-order valence-corrected chi connectivity index (χ3v) is 6.60. The van der Waals surface area contributed by atoms with Crippen LogP contribution in [0.15, 0.2) is 70.6 Å². The van der Waals surface area contributed by atoms with Gasteiger partial charge in [0.25, 0.3) is 0 Å². The number of aliphatic imine (C=N–C) groups is 1. The molecule has 0 spiro atoms. The van der Waals surface area contributed by atoms with Crippen molar-refractivity contribution < 1.29 is 26.9 Å². The lowest BCUT2D eigenvalue weighted by atomic mass is 10.0. The van der Waals surface area contributed by atoms with Crippen LogP contribution in [0, 0.1) is 6.92 Å². The molecule has 0 atom stereocenters. The van der Waals surface area contributed by atoms with E-state index in [1.54, 1.807) is 64.1 Å². The Morgan fingerprint density at radius 1 is 1.05 bits per heavy atom. The number of halogens is 1. The van der Waals surface area contributed by atoms with E-state index in [0.717, 1.165) is 11.1 Å². The lowest BCUT2D eigenvalue weighted by molar-refractivity contribution is 0.0605. The van der Waals surface area contributed by atoms with E-state index in [1.807, 2.05) is 6.07 Å². The number of anilines is 1. The predicted octanol–water partition coefficient (Wildman–Crippen LogP) is 5.97. The first-order valence-corrected chi connectivity index (χ1v) is 13.2. The van der Waals surface area contributed by atoms with Gasteiger partial charge in [0, 0.05) is 24.4 Å². The molecule has 0 aliphatic carbocycles. The number of carbonyl (C=O) groups is 1. The molecule has 0 fully saturated rings. The van der Waals surface area contributed by atoms with Crippen molar-refractivity contribution in [1.82, 2.24) is 0 Å². The summed E-state index contributed by atoms with van der Waals surface area (Å²) in [7, 11) is -4.13. The molecule has 196 valence electrons. The number of ether oxygens (including phenoxy) is 2. The van der Waals surface area contributed by atoms with Crippen LogP contribution in [0.1, 0.15) is 37.5 Å². The van der Waals surface area contributed by atoms with Crippen LogP contribution in [0.4, 0.5) is 10.5 Å². The van der Waals surface area contributed by atoms with Gasteiger partial charge in [-0.25, -0.2) is 4.79 Å². The number of hydrogen-bond acceptors (Lipinski definition) is 7. The van der Waals surface area contributed by atoms with Gasteiger partial charge in [0.05, 0.1) is 11.6 Å². The van der Waals surface area contributed by atoms with Gasteiger partial charge in [0.2, 0.25) is 0 Å². The molecule has 10 heteroatoms. The van der Waals surface area contributed by atoms with E-state index in [4.69, 9.17) is 31.0 Å². The largest absolute Gasteiger partial charge is 0.493 e. The number of nitrogen functional groups attached to an aromatic ring is 1. The Morgan fingerprint density at radius 3 is 2.46 bits per heavy atom. The average molecular weight is 545 g/mol. The summed E-state index contributed by atoms with van der Waals surface area (Å²) in [4.78, 5) is 15.7. The lowest BCUT2D eigenvalue weighted by Gasteiger charge is -2.17. The standard InChI is InChI=1S/C27H29ClN2O6S/c1-18-13-22(16-23(14-18)36-37(32,33)25-8-6-5-7-24(25)28)34-12-11-19-9-10-21(29)15-20(19)17-30-26(31)35-27(2,3)4/h5-10,13-17H,11-12,29H2,1-4H3. The molecule has 1 amide bonds. The topological polar surface area (TPSA) is 117 Å². The van der Waals surface area contributed by atoms with Gasteiger partial charge in [-0.2, -0.15) is 13.4 Å². The van der Waals surface area contributed by atoms with E-state index >= 15 is 0 Å². The highest BCUT2D eigenvalue weighted by molar-refractivity contribution is 7.87. The summed E-state index contributed by atoms with van der Waals surface area (Å²) in [6.07, 6.45) is 1.19. The lowest BCUT2D eigenvalue weighted by Crippen LogP contribution is -2.22. The van der Waals surface area contributed by atoms with Gasteiger partial charge >= 0.3 is 16.2 Å². The second kappa shape index (κ2) is 11.7. The van der Waals surface area contributed by atoms with Crippen molar-refractivity contribution in [1.29, 1.82) is 0 Å². The Morgan fingerprint density at radius 2 is 1.76 bits per heavy atom. The maximum absolute atomic E-state index is 12.7. The minimum absolute atomic E-state index is 0.0705. The van der Waals surface area contributed by atoms with Crippen LogP contribution in [-0.4, -0.2) is 32.9 Å². The van der Waals surface area contributed by atoms with Gasteiger partial charge in [0.1, 0.15) is 22.0 Å². The van der Waals surface area contributed by atoms with Gasteiger partial charge in [-0.05, 0) is 80.8 Å². The van der Waals surface area contributed by atoms with E-state index in [-0.39, 0.29) is 22.3 Å². The number of aryl methyl sites for hydroxylation is 1. The molecule has 0 heterocycles. The minimum atomic E-state index is -4.13. The number of rotatable bonds is 8. The molecule has 0 aliphatic rings. The Bertz CT molecular complexity index is 1410. The van der Waals surface area contributed by atoms with Crippen LogP contribution in [0.25, 0.3) is 0 Å². The highest BCUT2D eigenvalue weighted by atomic mass is 35.5. The van der Waals surface area contributed by atoms with E-state index in [2.05, 4.69) is 4.99 Å². The monoisotopic (exact) mass is 544 g/mol. The molecule has 37 heavy (non-hydrogen) atoms. The summed E-state index contributed by atoms with van der Waals surface area (Å²) >= 11 is 6.03. The number of nitrogens with zero attached hydrogens (tertiary/aromatic N) is 1. The van der Waals surface area contributed by atoms with Crippen molar-refractivity contribution in [3.8, 4) is 11.5 Å². The fourth-order valence-corrected chi connectivity index (χ4v) is 4.73. The third-order valence-electron chi connectivity index (χ3n) is 4.85. The highest BCUT2D eigenvalue weighted by Gasteiger charge is 2.20. The molecule has 3 aromatic rings. The Hall–Kier alpha value is -3.56. The van der Waals surface area contributed by atoms with Crippen molar-refractivity contribution in [2.75, 3.05) is 12.3 Å². The summed E-state index contributed by atoms with van der Waals surface area (Å²) in [6, 6.07) is 16.2. The van der Waals surface area contributed by atoms with Crippen molar-refractivity contribution in [3.05, 3.63) is 82.4 Å². The fourth-order valence-electron chi connectivity index (χ4n) is 3.32. The number of amides is 1. The van der Waals surface area contributed by atoms with Gasteiger partial charge in [0.15, 0.2) is 0 Å². The zero-order valence-electron chi connectivity index (χ0n) is 21.0. The van der Waals surface area contributed by atoms with Crippen LogP contribution >= 0.6 is 11.6 Å². The van der Waals surface area contributed by atoms with E-state index in [0.29, 0.717) is 23.4 Å². The fraction of sp³-hybridized carbons (Fsp3) is 0.259. The zero-order valence-corrected chi connectivity index (χ0v) is 22.6. The summed E-state index contributed by atoms with van der Waals surface area (Å²) in [5.74, 6) is 0.538. The number of hydrogen-bond donors (Lipinski definition) is 1. The van der Waals surface area contributed by atoms with Crippen molar-refractivity contribution in [2.24, 2.45) is 4.99 Å². The first kappa shape index (κ1) is 28.0. The normalized spacial score (nSPS) is 11.9. The molecule has 0 bridgehead atoms. The van der Waals surface area contributed by atoms with Crippen molar-refractivity contribution >= 4 is 39.7 Å². The summed E-state index contributed by atoms with van der Waals surface area (Å²) < 4.78 is 41.8. The van der Waals surface area contributed by atoms with Gasteiger partial charge in [-0.15, -0.1) is 0 Å². The molecular formula is C27H29ClN2O6S. The molecule has 3 rings (SSSR count). The van der Waals surface area contributed by atoms with E-state index < -0.39 is 21.8 Å². The Labute approximate surface area is 222 Å². The molecule has 0 radical (unpaired) electrons. The SMILES string of the molecule is Cc1cc(OCCc2ccc(N)cc2C=NC(=O)OC(C)(C)C)cc(OS(=O)(=O)c2ccccc2Cl)c1. The maximum atomic E-state index is 12.7. The quantitative estimate of drug-likeness (QED) is 0.211. The average Bonchev–Trinajstić information content (AvgIpc) is 2.77. The molecule has 0 aromatic heterocycles. The second-order valence-electron chi connectivity index (χ2n) is 9.24. The summed E-state index contributed by atoms with van der Waals surface area (Å²) in [5, 5.41) is 0.0705. The number of benzene rings is 3. The van der Waals surface area contributed by atoms with E-state index in [1.165, 1.54) is 24.4 Å². The molecule has 0 aliphatic heterocycles. The molecule has 2 N–H and O–H groups in total. The summed E-state index contributed by atoms with van der Waals surface area (Å²) in [5.41, 5.74) is 8.05. The van der Waals surface area contributed by atoms with Gasteiger partial charge in [-0.3, -0.25) is 0 Å². The van der Waals surface area contributed by atoms with Crippen LogP contribution < -0.4 is 14.7 Å². The van der Waals surface area contributed by atoms with Gasteiger partial charge < -0.3 is 19.4 Å². The maximum Gasteiger partial charge on any atom is 0.434 e. The summed E-state index contributed by atoms with van der Waals surface area (Å²) in [6.45, 7) is 7.34. The van der Waals surface area contributed by atoms with Gasteiger partial charge in [-0.1, -0.05) is 29.8 Å². The van der Waals surface area contributed by atoms with Crippen LogP contribution in [0.3, 0.4) is 0 Å². The van der Waals surface area contributed by atoms with Crippen molar-refractivity contribution in [3.63, 3.8) is 0 Å². The first-order valence-electron chi connectivity index (χ1n) is 11.4. The number of carbonyl (C=O) groups excluding carboxylic acids is 1. The third kappa shape index (κ3) is 8.51. The van der Waals surface area contributed by atoms with E-state index in [9.17, 15) is 13.2 Å². The van der Waals surface area contributed by atoms with Crippen LogP contribution in [0.5, 0.6) is 11.5 Å². The molecular weight excluding hydrogens is 516 g/mol. The Balaban J connectivity index is 1.70. The second-order valence-corrected chi connectivity index (χ2v) is 11.2. The smallest absolute Gasteiger partial charge is 0.434 e. The Kier molecular flexibility index (Phi) is 8.83. The van der Waals surface area contributed by atoms with Crippen LogP contribution in [-0.2, 0) is 21.3 Å². The molecule has 0 saturated heterocycles. The zero-order chi connectivity index (χ0) is 27.2. The molecule has 3 aromatic carbocycles. The minimum Gasteiger partial charge on any atom is -0.493 e. The molecule has 0 saturated carbocycles. The number of nitrogens with two attached hydrogens (primary N) is 1. The highest BCUT2D eigenvalue weighted by Crippen LogP contribution is 2.28.